The number of hydrogen-bond acceptors (Lipinski definition) is 2. The van der Waals surface area contributed by atoms with Crippen molar-refractivity contribution >= 4 is 0 Å². The van der Waals surface area contributed by atoms with Gasteiger partial charge >= 0.3 is 0 Å². The van der Waals surface area contributed by atoms with E-state index in [0.717, 1.165) is 26.1 Å². The van der Waals surface area contributed by atoms with Gasteiger partial charge in [-0.1, -0.05) is 6.42 Å². The molecule has 2 nitrogen and oxygen atoms in total. The van der Waals surface area contributed by atoms with Crippen LogP contribution in [0.15, 0.2) is 0 Å². The third-order valence-corrected chi connectivity index (χ3v) is 1.82. The first-order valence-electron chi connectivity index (χ1n) is 5.01. The molecule has 0 aromatic rings. The summed E-state index contributed by atoms with van der Waals surface area (Å²) >= 11 is 0. The van der Waals surface area contributed by atoms with Gasteiger partial charge in [0.25, 0.3) is 0 Å². The van der Waals surface area contributed by atoms with Crippen LogP contribution in [-0.4, -0.2) is 26.8 Å². The summed E-state index contributed by atoms with van der Waals surface area (Å²) in [7, 11) is 1.73. The minimum Gasteiger partial charge on any atom is -0.383 e. The fourth-order valence-corrected chi connectivity index (χ4v) is 1.06. The molecule has 0 saturated carbocycles. The Morgan fingerprint density at radius 2 is 2.00 bits per heavy atom. The van der Waals surface area contributed by atoms with Crippen LogP contribution in [-0.2, 0) is 4.74 Å². The molecular formula is C11H21NO. The van der Waals surface area contributed by atoms with Gasteiger partial charge in [-0.2, -0.15) is 0 Å². The minimum atomic E-state index is 0.807. The average molecular weight is 183 g/mol. The molecule has 0 saturated heterocycles. The summed E-state index contributed by atoms with van der Waals surface area (Å²) in [5.41, 5.74) is 0. The van der Waals surface area contributed by atoms with Crippen LogP contribution >= 0.6 is 0 Å². The van der Waals surface area contributed by atoms with Gasteiger partial charge in [-0.3, -0.25) is 0 Å². The Kier molecular flexibility index (Phi) is 11.0. The molecule has 0 radical (unpaired) electrons. The van der Waals surface area contributed by atoms with Crippen LogP contribution in [0.3, 0.4) is 0 Å². The average Bonchev–Trinajstić information content (AvgIpc) is 2.16. The largest absolute Gasteiger partial charge is 0.383 e. The molecule has 0 aliphatic heterocycles. The lowest BCUT2D eigenvalue weighted by molar-refractivity contribution is 0.199. The fourth-order valence-electron chi connectivity index (χ4n) is 1.06. The van der Waals surface area contributed by atoms with Gasteiger partial charge in [0.1, 0.15) is 0 Å². The highest BCUT2D eigenvalue weighted by Crippen LogP contribution is 1.97. The minimum absolute atomic E-state index is 0.807. The smallest absolute Gasteiger partial charge is 0.0587 e. The number of rotatable bonds is 8. The predicted octanol–water partition coefficient (Wildman–Crippen LogP) is 1.81. The Balaban J connectivity index is 2.86. The van der Waals surface area contributed by atoms with Crippen LogP contribution in [0.25, 0.3) is 0 Å². The lowest BCUT2D eigenvalue weighted by atomic mass is 10.2. The quantitative estimate of drug-likeness (QED) is 0.458. The Morgan fingerprint density at radius 3 is 2.69 bits per heavy atom. The first kappa shape index (κ1) is 12.5. The van der Waals surface area contributed by atoms with Gasteiger partial charge < -0.3 is 10.1 Å². The predicted molar refractivity (Wildman–Crippen MR) is 56.7 cm³/mol. The second-order valence-corrected chi connectivity index (χ2v) is 2.98. The molecule has 13 heavy (non-hydrogen) atoms. The summed E-state index contributed by atoms with van der Waals surface area (Å²) in [5, 5.41) is 3.32. The van der Waals surface area contributed by atoms with Crippen molar-refractivity contribution < 1.29 is 4.74 Å². The van der Waals surface area contributed by atoms with Crippen molar-refractivity contribution in [2.75, 3.05) is 26.8 Å². The number of ether oxygens (including phenoxy) is 1. The number of hydrogen-bond donors (Lipinski definition) is 1. The number of unbranched alkanes of at least 4 members (excludes halogenated alkanes) is 3. The van der Waals surface area contributed by atoms with Gasteiger partial charge in [0.2, 0.25) is 0 Å². The molecule has 0 unspecified atom stereocenters. The second-order valence-electron chi connectivity index (χ2n) is 2.98. The Labute approximate surface area is 82.1 Å². The molecule has 0 heterocycles. The Bertz CT molecular complexity index is 146. The van der Waals surface area contributed by atoms with E-state index < -0.39 is 0 Å². The molecule has 76 valence electrons. The van der Waals surface area contributed by atoms with Crippen LogP contribution in [0.4, 0.5) is 0 Å². The zero-order chi connectivity index (χ0) is 9.78. The van der Waals surface area contributed by atoms with Crippen LogP contribution in [0.2, 0.25) is 0 Å². The van der Waals surface area contributed by atoms with Crippen molar-refractivity contribution in [1.82, 2.24) is 5.32 Å². The molecule has 0 amide bonds. The maximum absolute atomic E-state index is 4.92. The van der Waals surface area contributed by atoms with E-state index in [2.05, 4.69) is 17.2 Å². The van der Waals surface area contributed by atoms with Gasteiger partial charge in [0.15, 0.2) is 0 Å². The molecule has 0 fully saturated rings. The molecular weight excluding hydrogens is 162 g/mol. The van der Waals surface area contributed by atoms with Crippen molar-refractivity contribution in [1.29, 1.82) is 0 Å². The highest BCUT2D eigenvalue weighted by Gasteiger charge is 1.88. The molecule has 0 spiro atoms. The summed E-state index contributed by atoms with van der Waals surface area (Å²) in [5.74, 6) is 5.97. The van der Waals surface area contributed by atoms with Crippen molar-refractivity contribution in [2.24, 2.45) is 0 Å². The molecule has 0 aromatic heterocycles. The third-order valence-electron chi connectivity index (χ3n) is 1.82. The summed E-state index contributed by atoms with van der Waals surface area (Å²) < 4.78 is 4.92. The van der Waals surface area contributed by atoms with Gasteiger partial charge in [0, 0.05) is 20.1 Å². The molecule has 0 aromatic carbocycles. The van der Waals surface area contributed by atoms with Crippen LogP contribution < -0.4 is 5.32 Å². The SMILES string of the molecule is CC#CCCCCCNCCOC. The van der Waals surface area contributed by atoms with Crippen molar-refractivity contribution in [3.8, 4) is 11.8 Å². The molecule has 0 rings (SSSR count). The highest BCUT2D eigenvalue weighted by atomic mass is 16.5. The maximum atomic E-state index is 4.92. The van der Waals surface area contributed by atoms with Gasteiger partial charge in [-0.05, 0) is 26.3 Å². The summed E-state index contributed by atoms with van der Waals surface area (Å²) in [4.78, 5) is 0. The normalized spacial score (nSPS) is 9.38. The summed E-state index contributed by atoms with van der Waals surface area (Å²) in [6.45, 7) is 4.77. The van der Waals surface area contributed by atoms with Crippen molar-refractivity contribution in [3.63, 3.8) is 0 Å². The van der Waals surface area contributed by atoms with E-state index in [1.165, 1.54) is 19.3 Å². The molecule has 0 aliphatic rings. The molecule has 0 aliphatic carbocycles. The van der Waals surface area contributed by atoms with Crippen molar-refractivity contribution in [3.05, 3.63) is 0 Å². The first-order chi connectivity index (χ1) is 6.41. The van der Waals surface area contributed by atoms with E-state index >= 15 is 0 Å². The van der Waals surface area contributed by atoms with E-state index in [0.29, 0.717) is 0 Å². The van der Waals surface area contributed by atoms with Crippen molar-refractivity contribution in [2.45, 2.75) is 32.6 Å². The van der Waals surface area contributed by atoms with Gasteiger partial charge in [-0.25, -0.2) is 0 Å². The van der Waals surface area contributed by atoms with E-state index in [-0.39, 0.29) is 0 Å². The fraction of sp³-hybridized carbons (Fsp3) is 0.818. The van der Waals surface area contributed by atoms with E-state index in [4.69, 9.17) is 4.74 Å². The second kappa shape index (κ2) is 11.5. The maximum Gasteiger partial charge on any atom is 0.0587 e. The van der Waals surface area contributed by atoms with Crippen LogP contribution in [0.5, 0.6) is 0 Å². The molecule has 2 heteroatoms. The van der Waals surface area contributed by atoms with Crippen LogP contribution in [0, 0.1) is 11.8 Å². The monoisotopic (exact) mass is 183 g/mol. The topological polar surface area (TPSA) is 21.3 Å². The first-order valence-corrected chi connectivity index (χ1v) is 5.01. The number of methoxy groups -OCH3 is 1. The molecule has 0 bridgehead atoms. The van der Waals surface area contributed by atoms with E-state index in [1.807, 2.05) is 6.92 Å². The van der Waals surface area contributed by atoms with Gasteiger partial charge in [0.05, 0.1) is 6.61 Å². The summed E-state index contributed by atoms with van der Waals surface area (Å²) in [6, 6.07) is 0. The lowest BCUT2D eigenvalue weighted by Crippen LogP contribution is -2.20. The third kappa shape index (κ3) is 11.5. The summed E-state index contributed by atoms with van der Waals surface area (Å²) in [6.07, 6.45) is 4.80. The molecule has 0 atom stereocenters. The van der Waals surface area contributed by atoms with Gasteiger partial charge in [-0.15, -0.1) is 11.8 Å². The Morgan fingerprint density at radius 1 is 1.15 bits per heavy atom. The zero-order valence-corrected chi connectivity index (χ0v) is 8.86. The van der Waals surface area contributed by atoms with E-state index in [9.17, 15) is 0 Å². The van der Waals surface area contributed by atoms with E-state index in [1.54, 1.807) is 7.11 Å². The highest BCUT2D eigenvalue weighted by molar-refractivity contribution is 4.94. The Hall–Kier alpha value is -0.520. The lowest BCUT2D eigenvalue weighted by Gasteiger charge is -2.02. The number of nitrogens with one attached hydrogen (secondary N) is 1. The molecule has 1 N–H and O–H groups in total. The van der Waals surface area contributed by atoms with Crippen LogP contribution in [0.1, 0.15) is 32.6 Å². The zero-order valence-electron chi connectivity index (χ0n) is 8.86. The standard InChI is InChI=1S/C11H21NO/c1-3-4-5-6-7-8-9-12-10-11-13-2/h12H,5-11H2,1-2H3.